The van der Waals surface area contributed by atoms with Gasteiger partial charge >= 0.3 is 0 Å². The first-order chi connectivity index (χ1) is 13.3. The van der Waals surface area contributed by atoms with Crippen LogP contribution in [-0.2, 0) is 16.1 Å². The van der Waals surface area contributed by atoms with E-state index in [1.54, 1.807) is 13.4 Å². The molecule has 27 heavy (non-hydrogen) atoms. The van der Waals surface area contributed by atoms with Crippen molar-refractivity contribution in [2.75, 3.05) is 24.8 Å². The van der Waals surface area contributed by atoms with Gasteiger partial charge in [-0.15, -0.1) is 10.2 Å². The number of hydrogen-bond donors (Lipinski definition) is 1. The van der Waals surface area contributed by atoms with Gasteiger partial charge in [-0.25, -0.2) is 0 Å². The minimum atomic E-state index is -0.0705. The Balaban J connectivity index is 1.50. The molecule has 0 unspecified atom stereocenters. The molecule has 3 aromatic rings. The summed E-state index contributed by atoms with van der Waals surface area (Å²) in [6.07, 6.45) is 2.56. The number of rotatable bonds is 9. The Bertz CT molecular complexity index is 850. The monoisotopic (exact) mass is 382 g/mol. The second-order valence-corrected chi connectivity index (χ2v) is 6.88. The number of carbonyl (C=O) groups is 1. The number of ether oxygens (including phenoxy) is 1. The minimum Gasteiger partial charge on any atom is -0.385 e. The number of aromatic nitrogens is 3. The highest BCUT2D eigenvalue weighted by Crippen LogP contribution is 2.21. The molecule has 0 atom stereocenters. The van der Waals surface area contributed by atoms with E-state index in [1.807, 2.05) is 47.0 Å². The lowest BCUT2D eigenvalue weighted by Gasteiger charge is -2.08. The average Bonchev–Trinajstić information content (AvgIpc) is 3.15. The average molecular weight is 382 g/mol. The minimum absolute atomic E-state index is 0.0705. The zero-order valence-electron chi connectivity index (χ0n) is 15.2. The molecule has 0 aliphatic heterocycles. The molecular formula is C20H22N4O2S. The molecule has 140 valence electrons. The summed E-state index contributed by atoms with van der Waals surface area (Å²) in [5, 5.41) is 11.6. The lowest BCUT2D eigenvalue weighted by atomic mass is 10.1. The molecule has 7 heteroatoms. The van der Waals surface area contributed by atoms with Crippen LogP contribution in [0.1, 0.15) is 6.42 Å². The van der Waals surface area contributed by atoms with E-state index in [0.717, 1.165) is 34.9 Å². The Kier molecular flexibility index (Phi) is 7.01. The largest absolute Gasteiger partial charge is 0.385 e. The summed E-state index contributed by atoms with van der Waals surface area (Å²) in [5.74, 6) is 0.211. The van der Waals surface area contributed by atoms with Crippen LogP contribution in [-0.4, -0.2) is 40.1 Å². The molecule has 0 bridgehead atoms. The van der Waals surface area contributed by atoms with Gasteiger partial charge in [0.15, 0.2) is 5.16 Å². The van der Waals surface area contributed by atoms with E-state index in [2.05, 4.69) is 27.6 Å². The summed E-state index contributed by atoms with van der Waals surface area (Å²) in [6.45, 7) is 1.45. The second kappa shape index (κ2) is 9.89. The number of anilines is 1. The molecule has 2 aromatic carbocycles. The van der Waals surface area contributed by atoms with Crippen LogP contribution < -0.4 is 5.32 Å². The van der Waals surface area contributed by atoms with Gasteiger partial charge in [0.25, 0.3) is 0 Å². The third-order valence-corrected chi connectivity index (χ3v) is 4.92. The van der Waals surface area contributed by atoms with Crippen molar-refractivity contribution in [3.63, 3.8) is 0 Å². The molecule has 0 saturated heterocycles. The summed E-state index contributed by atoms with van der Waals surface area (Å²) in [7, 11) is 1.68. The Labute approximate surface area is 163 Å². The van der Waals surface area contributed by atoms with Gasteiger partial charge in [-0.1, -0.05) is 54.2 Å². The predicted octanol–water partition coefficient (Wildman–Crippen LogP) is 3.71. The number of methoxy groups -OCH3 is 1. The van der Waals surface area contributed by atoms with Crippen LogP contribution in [0.15, 0.2) is 66.1 Å². The predicted molar refractivity (Wildman–Crippen MR) is 108 cm³/mol. The highest BCUT2D eigenvalue weighted by molar-refractivity contribution is 7.99. The SMILES string of the molecule is COCCCn1cnnc1SCC(=O)Nc1ccc(-c2ccccc2)cc1. The first-order valence-electron chi connectivity index (χ1n) is 8.71. The molecule has 6 nitrogen and oxygen atoms in total. The molecule has 1 N–H and O–H groups in total. The third-order valence-electron chi connectivity index (χ3n) is 3.94. The van der Waals surface area contributed by atoms with Crippen LogP contribution in [0.5, 0.6) is 0 Å². The van der Waals surface area contributed by atoms with Gasteiger partial charge in [-0.3, -0.25) is 4.79 Å². The maximum Gasteiger partial charge on any atom is 0.234 e. The van der Waals surface area contributed by atoms with Gasteiger partial charge in [0, 0.05) is 25.9 Å². The topological polar surface area (TPSA) is 69.0 Å². The van der Waals surface area contributed by atoms with Crippen LogP contribution in [0.2, 0.25) is 0 Å². The van der Waals surface area contributed by atoms with E-state index in [4.69, 9.17) is 4.74 Å². The molecule has 1 aromatic heterocycles. The standard InChI is InChI=1S/C20H22N4O2S/c1-26-13-5-12-24-15-21-23-20(24)27-14-19(25)22-18-10-8-17(9-11-18)16-6-3-2-4-7-16/h2-4,6-11,15H,5,12-14H2,1H3,(H,22,25). The molecule has 0 spiro atoms. The Morgan fingerprint density at radius 1 is 1.11 bits per heavy atom. The van der Waals surface area contributed by atoms with E-state index in [-0.39, 0.29) is 11.7 Å². The van der Waals surface area contributed by atoms with Crippen molar-refractivity contribution in [3.05, 3.63) is 60.9 Å². The van der Waals surface area contributed by atoms with Gasteiger partial charge in [0.05, 0.1) is 5.75 Å². The number of benzene rings is 2. The van der Waals surface area contributed by atoms with Crippen LogP contribution in [0.3, 0.4) is 0 Å². The Morgan fingerprint density at radius 2 is 1.85 bits per heavy atom. The third kappa shape index (κ3) is 5.67. The smallest absolute Gasteiger partial charge is 0.234 e. The normalized spacial score (nSPS) is 10.7. The lowest BCUT2D eigenvalue weighted by molar-refractivity contribution is -0.113. The number of hydrogen-bond acceptors (Lipinski definition) is 5. The molecule has 0 aliphatic carbocycles. The first-order valence-corrected chi connectivity index (χ1v) is 9.69. The molecule has 0 saturated carbocycles. The molecule has 0 fully saturated rings. The lowest BCUT2D eigenvalue weighted by Crippen LogP contribution is -2.14. The molecule has 0 aliphatic rings. The van der Waals surface area contributed by atoms with Gasteiger partial charge in [0.2, 0.25) is 5.91 Å². The van der Waals surface area contributed by atoms with E-state index < -0.39 is 0 Å². The number of nitrogens with zero attached hydrogens (tertiary/aromatic N) is 3. The number of thioether (sulfide) groups is 1. The zero-order chi connectivity index (χ0) is 18.9. The molecular weight excluding hydrogens is 360 g/mol. The van der Waals surface area contributed by atoms with E-state index >= 15 is 0 Å². The Hall–Kier alpha value is -2.64. The van der Waals surface area contributed by atoms with Crippen molar-refractivity contribution < 1.29 is 9.53 Å². The zero-order valence-corrected chi connectivity index (χ0v) is 16.0. The van der Waals surface area contributed by atoms with E-state index in [1.165, 1.54) is 11.8 Å². The molecule has 3 rings (SSSR count). The number of aryl methyl sites for hydroxylation is 1. The fourth-order valence-corrected chi connectivity index (χ4v) is 3.33. The summed E-state index contributed by atoms with van der Waals surface area (Å²) in [6, 6.07) is 18.0. The summed E-state index contributed by atoms with van der Waals surface area (Å²) in [4.78, 5) is 12.2. The summed E-state index contributed by atoms with van der Waals surface area (Å²) >= 11 is 1.38. The highest BCUT2D eigenvalue weighted by atomic mass is 32.2. The first kappa shape index (κ1) is 19.1. The van der Waals surface area contributed by atoms with Gasteiger partial charge < -0.3 is 14.6 Å². The number of carbonyl (C=O) groups excluding carboxylic acids is 1. The van der Waals surface area contributed by atoms with Crippen LogP contribution in [0.25, 0.3) is 11.1 Å². The maximum atomic E-state index is 12.2. The summed E-state index contributed by atoms with van der Waals surface area (Å²) < 4.78 is 6.99. The molecule has 1 heterocycles. The quantitative estimate of drug-likeness (QED) is 0.451. The fourth-order valence-electron chi connectivity index (χ4n) is 2.59. The van der Waals surface area contributed by atoms with Crippen LogP contribution in [0, 0.1) is 0 Å². The van der Waals surface area contributed by atoms with Crippen molar-refractivity contribution in [2.24, 2.45) is 0 Å². The van der Waals surface area contributed by atoms with E-state index in [0.29, 0.717) is 6.61 Å². The van der Waals surface area contributed by atoms with Crippen molar-refractivity contribution in [2.45, 2.75) is 18.1 Å². The number of nitrogens with one attached hydrogen (secondary N) is 1. The van der Waals surface area contributed by atoms with Crippen molar-refractivity contribution in [1.29, 1.82) is 0 Å². The number of amides is 1. The van der Waals surface area contributed by atoms with Crippen LogP contribution >= 0.6 is 11.8 Å². The molecule has 0 radical (unpaired) electrons. The fraction of sp³-hybridized carbons (Fsp3) is 0.250. The summed E-state index contributed by atoms with van der Waals surface area (Å²) in [5.41, 5.74) is 3.05. The van der Waals surface area contributed by atoms with Gasteiger partial charge in [0.1, 0.15) is 6.33 Å². The van der Waals surface area contributed by atoms with Crippen molar-refractivity contribution in [3.8, 4) is 11.1 Å². The van der Waals surface area contributed by atoms with Crippen molar-refractivity contribution in [1.82, 2.24) is 14.8 Å². The molecule has 1 amide bonds. The van der Waals surface area contributed by atoms with Gasteiger partial charge in [-0.05, 0) is 29.7 Å². The van der Waals surface area contributed by atoms with Crippen molar-refractivity contribution >= 4 is 23.4 Å². The second-order valence-electron chi connectivity index (χ2n) is 5.93. The Morgan fingerprint density at radius 3 is 2.59 bits per heavy atom. The maximum absolute atomic E-state index is 12.2. The van der Waals surface area contributed by atoms with Crippen LogP contribution in [0.4, 0.5) is 5.69 Å². The van der Waals surface area contributed by atoms with E-state index in [9.17, 15) is 4.79 Å². The van der Waals surface area contributed by atoms with Gasteiger partial charge in [-0.2, -0.15) is 0 Å². The highest BCUT2D eigenvalue weighted by Gasteiger charge is 2.09.